The van der Waals surface area contributed by atoms with Gasteiger partial charge < -0.3 is 41.5 Å². The first-order valence-corrected chi connectivity index (χ1v) is 15.4. The van der Waals surface area contributed by atoms with E-state index in [1.54, 1.807) is 32.0 Å². The summed E-state index contributed by atoms with van der Waals surface area (Å²) in [6.07, 6.45) is 0.433. The molecule has 12 nitrogen and oxygen atoms in total. The molecule has 0 unspecified atom stereocenters. The average Bonchev–Trinajstić information content (AvgIpc) is 2.97. The third-order valence-electron chi connectivity index (χ3n) is 10.8. The number of nitrogens with zero attached hydrogens (tertiary/aromatic N) is 2. The number of amides is 3. The molecule has 0 aromatic heterocycles. The van der Waals surface area contributed by atoms with Crippen LogP contribution in [-0.4, -0.2) is 67.0 Å². The molecule has 0 bridgehead atoms. The van der Waals surface area contributed by atoms with Gasteiger partial charge in [-0.15, -0.1) is 0 Å². The predicted octanol–water partition coefficient (Wildman–Crippen LogP) is 4.18. The fourth-order valence-electron chi connectivity index (χ4n) is 7.91. The van der Waals surface area contributed by atoms with Crippen LogP contribution < -0.4 is 26.2 Å². The molecule has 250 valence electrons. The van der Waals surface area contributed by atoms with Crippen molar-refractivity contribution in [2.75, 3.05) is 43.3 Å². The van der Waals surface area contributed by atoms with E-state index in [1.807, 2.05) is 57.0 Å². The lowest BCUT2D eigenvalue weighted by Crippen LogP contribution is -2.62. The number of allylic oxidation sites excluding steroid dienone is 2. The molecule has 2 aromatic rings. The molecule has 2 aromatic carbocycles. The molecule has 1 fully saturated rings. The van der Waals surface area contributed by atoms with E-state index in [9.17, 15) is 34.5 Å². The third kappa shape index (κ3) is 4.80. The molecule has 0 heterocycles. The van der Waals surface area contributed by atoms with Crippen LogP contribution in [-0.2, 0) is 27.3 Å². The summed E-state index contributed by atoms with van der Waals surface area (Å²) in [6, 6.07) is 8.49. The third-order valence-corrected chi connectivity index (χ3v) is 10.8. The van der Waals surface area contributed by atoms with Crippen molar-refractivity contribution in [1.82, 2.24) is 5.32 Å². The van der Waals surface area contributed by atoms with Gasteiger partial charge in [0, 0.05) is 74.3 Å². The zero-order valence-electron chi connectivity index (χ0n) is 28.0. The number of fused-ring (bicyclic) bond motifs is 3. The van der Waals surface area contributed by atoms with Gasteiger partial charge in [-0.1, -0.05) is 20.8 Å². The Morgan fingerprint density at radius 3 is 2.17 bits per heavy atom. The molecule has 7 N–H and O–H groups in total. The lowest BCUT2D eigenvalue weighted by Gasteiger charge is -2.60. The zero-order chi connectivity index (χ0) is 35.0. The van der Waals surface area contributed by atoms with Crippen molar-refractivity contribution < 1.29 is 34.5 Å². The second-order valence-electron chi connectivity index (χ2n) is 14.1. The van der Waals surface area contributed by atoms with Crippen LogP contribution in [0.2, 0.25) is 0 Å². The number of anilines is 3. The smallest absolute Gasteiger partial charge is 0.319 e. The minimum atomic E-state index is -1.76. The van der Waals surface area contributed by atoms with Crippen LogP contribution in [0.25, 0.3) is 5.76 Å². The Balaban J connectivity index is 1.57. The number of nitrogens with two attached hydrogens (primary N) is 1. The number of ketones is 2. The highest BCUT2D eigenvalue weighted by atomic mass is 16.3. The largest absolute Gasteiger partial charge is 0.510 e. The molecule has 1 saturated carbocycles. The van der Waals surface area contributed by atoms with Gasteiger partial charge in [-0.2, -0.15) is 0 Å². The first-order valence-electron chi connectivity index (χ1n) is 15.4. The summed E-state index contributed by atoms with van der Waals surface area (Å²) in [5.74, 6) is -4.70. The second kappa shape index (κ2) is 11.1. The van der Waals surface area contributed by atoms with E-state index in [0.29, 0.717) is 22.5 Å². The second-order valence-corrected chi connectivity index (χ2v) is 14.1. The van der Waals surface area contributed by atoms with Gasteiger partial charge in [-0.3, -0.25) is 14.4 Å². The number of urea groups is 1. The molecule has 3 aliphatic carbocycles. The number of aliphatic hydroxyl groups excluding tert-OH is 2. The number of hydrogen-bond acceptors (Lipinski definition) is 9. The molecule has 12 heteroatoms. The molecule has 4 atom stereocenters. The predicted molar refractivity (Wildman–Crippen MR) is 179 cm³/mol. The monoisotopic (exact) mass is 645 g/mol. The van der Waals surface area contributed by atoms with E-state index in [-0.39, 0.29) is 36.3 Å². The molecular formula is C35H43N5O7. The Kier molecular flexibility index (Phi) is 7.85. The SMILES string of the molecule is C[C@@H]1C(=O)C(C(N)=O)=C(O)[C@@]2(C)C(=O)C3=C(O)c4c(O)c(CNC(=O)Nc5ccc(N(C)C)cc5)cc(N(C)C)c4C[C@@]3(C)C[C@@]12C. The first kappa shape index (κ1) is 33.4. The van der Waals surface area contributed by atoms with Gasteiger partial charge >= 0.3 is 6.03 Å². The van der Waals surface area contributed by atoms with Crippen molar-refractivity contribution in [3.8, 4) is 5.75 Å². The fraction of sp³-hybridized carbons (Fsp3) is 0.429. The zero-order valence-corrected chi connectivity index (χ0v) is 28.0. The molecule has 0 aliphatic heterocycles. The standard InChI is InChI=1S/C35H43N5O7/c1-17-26(41)24(31(36)46)29(44)35(4)30(45)25-28(43)23-21(14-33(25,2)16-34(17,35)3)22(40(7)8)13-18(27(23)42)15-37-32(47)38-19-9-11-20(12-10-19)39(5)6/h9-13,17,42-44H,14-16H2,1-8H3,(H2,36,46)(H2,37,38,47)/t17-,33+,34+,35+/m1/s1. The van der Waals surface area contributed by atoms with Crippen LogP contribution in [0, 0.1) is 22.2 Å². The Hall–Kier alpha value is -5.00. The van der Waals surface area contributed by atoms with Crippen LogP contribution in [0.1, 0.15) is 50.8 Å². The molecule has 0 radical (unpaired) electrons. The fourth-order valence-corrected chi connectivity index (χ4v) is 7.91. The van der Waals surface area contributed by atoms with Gasteiger partial charge in [0.25, 0.3) is 5.91 Å². The summed E-state index contributed by atoms with van der Waals surface area (Å²) < 4.78 is 0. The van der Waals surface area contributed by atoms with Gasteiger partial charge in [-0.05, 0) is 61.1 Å². The Morgan fingerprint density at radius 2 is 1.62 bits per heavy atom. The summed E-state index contributed by atoms with van der Waals surface area (Å²) in [5.41, 5.74) is 4.15. The number of primary amides is 1. The molecule has 0 spiro atoms. The number of benzene rings is 2. The van der Waals surface area contributed by atoms with Crippen molar-refractivity contribution in [3.05, 3.63) is 63.9 Å². The van der Waals surface area contributed by atoms with Crippen molar-refractivity contribution in [3.63, 3.8) is 0 Å². The summed E-state index contributed by atoms with van der Waals surface area (Å²) in [4.78, 5) is 56.8. The van der Waals surface area contributed by atoms with Gasteiger partial charge in [0.05, 0.1) is 11.0 Å². The van der Waals surface area contributed by atoms with Gasteiger partial charge in [0.15, 0.2) is 11.6 Å². The van der Waals surface area contributed by atoms with E-state index < -0.39 is 62.8 Å². The molecular weight excluding hydrogens is 602 g/mol. The quantitative estimate of drug-likeness (QED) is 0.251. The lowest BCUT2D eigenvalue weighted by atomic mass is 9.41. The van der Waals surface area contributed by atoms with Crippen LogP contribution in [0.5, 0.6) is 5.75 Å². The highest BCUT2D eigenvalue weighted by Crippen LogP contribution is 2.67. The maximum Gasteiger partial charge on any atom is 0.319 e. The van der Waals surface area contributed by atoms with E-state index in [0.717, 1.165) is 5.69 Å². The summed E-state index contributed by atoms with van der Waals surface area (Å²) >= 11 is 0. The number of hydrogen-bond donors (Lipinski definition) is 6. The molecule has 3 aliphatic rings. The van der Waals surface area contributed by atoms with Crippen molar-refractivity contribution in [2.45, 2.75) is 47.1 Å². The Labute approximate surface area is 273 Å². The highest BCUT2D eigenvalue weighted by Gasteiger charge is 2.69. The Morgan fingerprint density at radius 1 is 1.00 bits per heavy atom. The van der Waals surface area contributed by atoms with E-state index in [2.05, 4.69) is 10.6 Å². The highest BCUT2D eigenvalue weighted by molar-refractivity contribution is 6.23. The molecule has 5 rings (SSSR count). The Bertz CT molecular complexity index is 1790. The number of nitrogens with one attached hydrogen (secondary N) is 2. The van der Waals surface area contributed by atoms with Crippen molar-refractivity contribution >= 4 is 46.3 Å². The lowest BCUT2D eigenvalue weighted by molar-refractivity contribution is -0.151. The molecule has 0 saturated heterocycles. The molecule has 47 heavy (non-hydrogen) atoms. The average molecular weight is 646 g/mol. The van der Waals surface area contributed by atoms with Gasteiger partial charge in [-0.25, -0.2) is 4.79 Å². The first-order chi connectivity index (χ1) is 21.8. The minimum Gasteiger partial charge on any atom is -0.510 e. The van der Waals surface area contributed by atoms with E-state index in [4.69, 9.17) is 5.73 Å². The van der Waals surface area contributed by atoms with Crippen molar-refractivity contribution in [2.24, 2.45) is 27.9 Å². The maximum atomic E-state index is 14.6. The molecule has 3 amide bonds. The number of phenols is 1. The number of carbonyl (C=O) groups is 4. The van der Waals surface area contributed by atoms with E-state index in [1.165, 1.54) is 6.92 Å². The number of phenolic OH excluding ortho intramolecular Hbond substituents is 1. The number of carbonyl (C=O) groups excluding carboxylic acids is 4. The maximum absolute atomic E-state index is 14.6. The van der Waals surface area contributed by atoms with Crippen LogP contribution in [0.3, 0.4) is 0 Å². The summed E-state index contributed by atoms with van der Waals surface area (Å²) in [7, 11) is 7.45. The number of rotatable bonds is 6. The van der Waals surface area contributed by atoms with Crippen molar-refractivity contribution in [1.29, 1.82) is 0 Å². The van der Waals surface area contributed by atoms with Gasteiger partial charge in [0.2, 0.25) is 0 Å². The number of aromatic hydroxyl groups is 1. The minimum absolute atomic E-state index is 0.00840. The topological polar surface area (TPSA) is 186 Å². The van der Waals surface area contributed by atoms with Gasteiger partial charge in [0.1, 0.15) is 22.8 Å². The number of Topliss-reactive ketones (excluding diaryl/α,β-unsaturated/α-hetero) is 2. The summed E-state index contributed by atoms with van der Waals surface area (Å²) in [5, 5.41) is 40.4. The van der Waals surface area contributed by atoms with E-state index >= 15 is 0 Å². The number of aliphatic hydroxyl groups is 2. The van der Waals surface area contributed by atoms with Crippen LogP contribution in [0.4, 0.5) is 21.9 Å². The van der Waals surface area contributed by atoms with Crippen LogP contribution >= 0.6 is 0 Å². The normalized spacial score (nSPS) is 26.7. The summed E-state index contributed by atoms with van der Waals surface area (Å²) in [6.45, 7) is 6.58. The van der Waals surface area contributed by atoms with Crippen LogP contribution in [0.15, 0.2) is 47.2 Å².